The van der Waals surface area contributed by atoms with Gasteiger partial charge in [-0.2, -0.15) is 0 Å². The van der Waals surface area contributed by atoms with E-state index in [1.807, 2.05) is 0 Å². The van der Waals surface area contributed by atoms with Crippen molar-refractivity contribution in [1.82, 2.24) is 14.8 Å². The summed E-state index contributed by atoms with van der Waals surface area (Å²) in [6, 6.07) is -0.761. The number of hydrogen-bond acceptors (Lipinski definition) is 6. The molecule has 110 valence electrons. The van der Waals surface area contributed by atoms with Crippen LogP contribution in [0.25, 0.3) is 0 Å². The van der Waals surface area contributed by atoms with E-state index in [-0.39, 0.29) is 17.5 Å². The Morgan fingerprint density at radius 3 is 2.70 bits per heavy atom. The Bertz CT molecular complexity index is 480. The number of aliphatic hydroxyl groups is 1. The van der Waals surface area contributed by atoms with E-state index in [4.69, 9.17) is 10.2 Å². The van der Waals surface area contributed by atoms with E-state index in [0.717, 1.165) is 6.41 Å². The van der Waals surface area contributed by atoms with Crippen molar-refractivity contribution in [2.24, 2.45) is 5.73 Å². The van der Waals surface area contributed by atoms with Crippen LogP contribution in [-0.2, 0) is 4.79 Å². The van der Waals surface area contributed by atoms with Crippen LogP contribution in [0.15, 0.2) is 10.7 Å². The van der Waals surface area contributed by atoms with Crippen LogP contribution in [0.2, 0.25) is 0 Å². The molecule has 2 amide bonds. The molecule has 2 unspecified atom stereocenters. The summed E-state index contributed by atoms with van der Waals surface area (Å²) in [6.07, 6.45) is 1.21. The summed E-state index contributed by atoms with van der Waals surface area (Å²) in [6.45, 7) is 3.46. The second-order valence-electron chi connectivity index (χ2n) is 4.77. The highest BCUT2D eigenvalue weighted by atomic mass is 16.3. The topological polar surface area (TPSA) is 113 Å². The third-order valence-corrected chi connectivity index (χ3v) is 3.30. The number of amides is 2. The quantitative estimate of drug-likeness (QED) is 0.683. The monoisotopic (exact) mass is 282 g/mol. The Balaban J connectivity index is 2.01. The number of carbonyl (C=O) groups is 2. The standard InChI is InChI=1S/C12H18N4O4/c1-8(18)10(13)11-14-9(6-20-11)12(19)16-4-2-15(7-17)3-5-16/h6-8,10,18H,2-5,13H2,1H3. The molecule has 1 aromatic heterocycles. The van der Waals surface area contributed by atoms with E-state index in [9.17, 15) is 14.7 Å². The first-order chi connectivity index (χ1) is 9.52. The molecule has 1 saturated heterocycles. The molecule has 20 heavy (non-hydrogen) atoms. The zero-order chi connectivity index (χ0) is 14.7. The number of nitrogens with zero attached hydrogens (tertiary/aromatic N) is 3. The molecule has 2 rings (SSSR count). The highest BCUT2D eigenvalue weighted by Gasteiger charge is 2.25. The van der Waals surface area contributed by atoms with Gasteiger partial charge >= 0.3 is 0 Å². The maximum atomic E-state index is 12.2. The second-order valence-corrected chi connectivity index (χ2v) is 4.77. The minimum Gasteiger partial charge on any atom is -0.446 e. The van der Waals surface area contributed by atoms with Gasteiger partial charge in [0.05, 0.1) is 6.10 Å². The van der Waals surface area contributed by atoms with Crippen LogP contribution >= 0.6 is 0 Å². The number of carbonyl (C=O) groups excluding carboxylic acids is 2. The molecule has 0 radical (unpaired) electrons. The van der Waals surface area contributed by atoms with Gasteiger partial charge in [-0.05, 0) is 6.92 Å². The SMILES string of the molecule is CC(O)C(N)c1nc(C(=O)N2CCN(C=O)CC2)co1. The summed E-state index contributed by atoms with van der Waals surface area (Å²) in [5, 5.41) is 9.37. The van der Waals surface area contributed by atoms with Crippen molar-refractivity contribution < 1.29 is 19.1 Å². The highest BCUT2D eigenvalue weighted by Crippen LogP contribution is 2.15. The van der Waals surface area contributed by atoms with Crippen LogP contribution in [0.4, 0.5) is 0 Å². The van der Waals surface area contributed by atoms with Crippen LogP contribution in [0, 0.1) is 0 Å². The number of oxazole rings is 1. The lowest BCUT2D eigenvalue weighted by atomic mass is 10.2. The molecule has 3 N–H and O–H groups in total. The van der Waals surface area contributed by atoms with Crippen molar-refractivity contribution >= 4 is 12.3 Å². The number of rotatable bonds is 4. The van der Waals surface area contributed by atoms with Crippen molar-refractivity contribution in [3.8, 4) is 0 Å². The van der Waals surface area contributed by atoms with Crippen molar-refractivity contribution in [3.63, 3.8) is 0 Å². The van der Waals surface area contributed by atoms with Crippen molar-refractivity contribution in [2.45, 2.75) is 19.1 Å². The Labute approximate surface area is 116 Å². The van der Waals surface area contributed by atoms with Crippen molar-refractivity contribution in [2.75, 3.05) is 26.2 Å². The lowest BCUT2D eigenvalue weighted by Crippen LogP contribution is -2.48. The van der Waals surface area contributed by atoms with E-state index < -0.39 is 12.1 Å². The minimum atomic E-state index is -0.812. The molecule has 1 aromatic rings. The Hall–Kier alpha value is -1.93. The van der Waals surface area contributed by atoms with Gasteiger partial charge in [-0.1, -0.05) is 0 Å². The first kappa shape index (κ1) is 14.5. The largest absolute Gasteiger partial charge is 0.446 e. The molecule has 0 saturated carbocycles. The maximum Gasteiger partial charge on any atom is 0.275 e. The number of piperazine rings is 1. The molecule has 0 bridgehead atoms. The summed E-state index contributed by atoms with van der Waals surface area (Å²) < 4.78 is 5.13. The van der Waals surface area contributed by atoms with Crippen LogP contribution < -0.4 is 5.73 Å². The fourth-order valence-corrected chi connectivity index (χ4v) is 1.94. The van der Waals surface area contributed by atoms with Crippen molar-refractivity contribution in [3.05, 3.63) is 17.8 Å². The Morgan fingerprint density at radius 2 is 2.15 bits per heavy atom. The molecule has 0 spiro atoms. The summed E-state index contributed by atoms with van der Waals surface area (Å²) in [4.78, 5) is 30.0. The van der Waals surface area contributed by atoms with E-state index in [1.54, 1.807) is 9.80 Å². The third kappa shape index (κ3) is 2.97. The second kappa shape index (κ2) is 6.02. The summed E-state index contributed by atoms with van der Waals surface area (Å²) in [5.41, 5.74) is 5.85. The first-order valence-electron chi connectivity index (χ1n) is 6.40. The van der Waals surface area contributed by atoms with Crippen molar-refractivity contribution in [1.29, 1.82) is 0 Å². The average molecular weight is 282 g/mol. The van der Waals surface area contributed by atoms with Gasteiger partial charge in [0.2, 0.25) is 12.3 Å². The molecule has 0 aromatic carbocycles. The normalized spacial score (nSPS) is 18.8. The van der Waals surface area contributed by atoms with Crippen LogP contribution in [0.1, 0.15) is 29.3 Å². The van der Waals surface area contributed by atoms with Crippen LogP contribution in [0.3, 0.4) is 0 Å². The molecular weight excluding hydrogens is 264 g/mol. The molecular formula is C12H18N4O4. The summed E-state index contributed by atoms with van der Waals surface area (Å²) in [7, 11) is 0. The fraction of sp³-hybridized carbons (Fsp3) is 0.583. The Kier molecular flexibility index (Phi) is 4.35. The lowest BCUT2D eigenvalue weighted by molar-refractivity contribution is -0.119. The number of nitrogens with two attached hydrogens (primary N) is 1. The first-order valence-corrected chi connectivity index (χ1v) is 6.40. The molecule has 1 fully saturated rings. The molecule has 1 aliphatic rings. The Morgan fingerprint density at radius 1 is 1.50 bits per heavy atom. The molecule has 0 aliphatic carbocycles. The van der Waals surface area contributed by atoms with Gasteiger partial charge < -0.3 is 25.1 Å². The van der Waals surface area contributed by atoms with Gasteiger partial charge in [0.1, 0.15) is 12.3 Å². The zero-order valence-corrected chi connectivity index (χ0v) is 11.2. The van der Waals surface area contributed by atoms with Crippen LogP contribution in [0.5, 0.6) is 0 Å². The smallest absolute Gasteiger partial charge is 0.275 e. The van der Waals surface area contributed by atoms with E-state index >= 15 is 0 Å². The molecule has 8 heteroatoms. The highest BCUT2D eigenvalue weighted by molar-refractivity contribution is 5.92. The van der Waals surface area contributed by atoms with Gasteiger partial charge in [0.25, 0.3) is 5.91 Å². The van der Waals surface area contributed by atoms with Gasteiger partial charge in [-0.3, -0.25) is 9.59 Å². The summed E-state index contributed by atoms with van der Waals surface area (Å²) >= 11 is 0. The van der Waals surface area contributed by atoms with E-state index in [2.05, 4.69) is 4.98 Å². The zero-order valence-electron chi connectivity index (χ0n) is 11.2. The number of aliphatic hydroxyl groups excluding tert-OH is 1. The molecule has 2 heterocycles. The van der Waals surface area contributed by atoms with Gasteiger partial charge in [0, 0.05) is 26.2 Å². The number of hydrogen-bond donors (Lipinski definition) is 2. The molecule has 1 aliphatic heterocycles. The van der Waals surface area contributed by atoms with Crippen LogP contribution in [-0.4, -0.2) is 64.5 Å². The fourth-order valence-electron chi connectivity index (χ4n) is 1.94. The van der Waals surface area contributed by atoms with E-state index in [1.165, 1.54) is 13.2 Å². The maximum absolute atomic E-state index is 12.2. The minimum absolute atomic E-state index is 0.134. The van der Waals surface area contributed by atoms with Gasteiger partial charge in [-0.15, -0.1) is 0 Å². The predicted octanol–water partition coefficient (Wildman–Crippen LogP) is -1.03. The van der Waals surface area contributed by atoms with Gasteiger partial charge in [-0.25, -0.2) is 4.98 Å². The average Bonchev–Trinajstić information content (AvgIpc) is 2.95. The predicted molar refractivity (Wildman–Crippen MR) is 68.7 cm³/mol. The third-order valence-electron chi connectivity index (χ3n) is 3.30. The lowest BCUT2D eigenvalue weighted by Gasteiger charge is -2.31. The molecule has 8 nitrogen and oxygen atoms in total. The summed E-state index contributed by atoms with van der Waals surface area (Å²) in [5.74, 6) is -0.127. The van der Waals surface area contributed by atoms with E-state index in [0.29, 0.717) is 26.2 Å². The number of aromatic nitrogens is 1. The van der Waals surface area contributed by atoms with Gasteiger partial charge in [0.15, 0.2) is 5.69 Å². The molecule has 2 atom stereocenters.